The molecular formula is C22H22ClN7O2. The number of nitrogens with zero attached hydrogens (tertiary/aromatic N) is 6. The van der Waals surface area contributed by atoms with Crippen molar-refractivity contribution in [1.29, 1.82) is 0 Å². The van der Waals surface area contributed by atoms with Gasteiger partial charge >= 0.3 is 5.97 Å². The molecule has 0 spiro atoms. The number of aromatic amines is 1. The molecule has 0 aliphatic heterocycles. The molecule has 4 aromatic rings. The molecule has 0 unspecified atom stereocenters. The highest BCUT2D eigenvalue weighted by molar-refractivity contribution is 5.92. The number of hydrogen-bond acceptors (Lipinski definition) is 7. The molecule has 0 saturated heterocycles. The van der Waals surface area contributed by atoms with E-state index in [4.69, 9.17) is 0 Å². The van der Waals surface area contributed by atoms with E-state index in [1.807, 2.05) is 60.4 Å². The molecule has 2 heterocycles. The molecule has 0 saturated carbocycles. The lowest BCUT2D eigenvalue weighted by Gasteiger charge is -2.24. The Kier molecular flexibility index (Phi) is 7.45. The lowest BCUT2D eigenvalue weighted by molar-refractivity contribution is 0.0696. The summed E-state index contributed by atoms with van der Waals surface area (Å²) in [4.78, 5) is 21.6. The molecule has 32 heavy (non-hydrogen) atoms. The van der Waals surface area contributed by atoms with Crippen LogP contribution in [0.25, 0.3) is 22.5 Å². The first-order chi connectivity index (χ1) is 15.2. The summed E-state index contributed by atoms with van der Waals surface area (Å²) in [5.41, 5.74) is 4.07. The van der Waals surface area contributed by atoms with Crippen molar-refractivity contribution in [2.45, 2.75) is 19.9 Å². The fourth-order valence-corrected chi connectivity index (χ4v) is 3.47. The van der Waals surface area contributed by atoms with Crippen molar-refractivity contribution < 1.29 is 9.90 Å². The first kappa shape index (κ1) is 22.8. The van der Waals surface area contributed by atoms with E-state index in [0.29, 0.717) is 24.7 Å². The van der Waals surface area contributed by atoms with Gasteiger partial charge in [-0.05, 0) is 28.3 Å². The minimum Gasteiger partial charge on any atom is -0.477 e. The number of halogens is 1. The van der Waals surface area contributed by atoms with Gasteiger partial charge in [0.05, 0.1) is 0 Å². The number of H-pyrrole nitrogens is 1. The average Bonchev–Trinajstić information content (AvgIpc) is 3.34. The number of benzene rings is 2. The van der Waals surface area contributed by atoms with Crippen molar-refractivity contribution in [2.75, 3.05) is 11.4 Å². The van der Waals surface area contributed by atoms with E-state index in [-0.39, 0.29) is 18.0 Å². The standard InChI is InChI=1S/C22H21N7O2.ClH/c1-2-11-29(21-19(22(30)31)12-23-14-24-21)13-15-7-9-16(10-8-15)17-5-3-4-6-18(17)20-25-27-28-26-20;/h3-10,12,14H,2,11,13H2,1H3,(H,30,31)(H,25,26,27,28);1H. The molecule has 0 bridgehead atoms. The summed E-state index contributed by atoms with van der Waals surface area (Å²) >= 11 is 0. The lowest BCUT2D eigenvalue weighted by atomic mass is 9.98. The third-order valence-corrected chi connectivity index (χ3v) is 4.87. The maximum absolute atomic E-state index is 11.6. The number of hydrogen-bond donors (Lipinski definition) is 2. The van der Waals surface area contributed by atoms with E-state index in [2.05, 4.69) is 30.6 Å². The molecule has 0 amide bonds. The Bertz CT molecular complexity index is 1170. The summed E-state index contributed by atoms with van der Waals surface area (Å²) in [5.74, 6) is -0.0697. The Balaban J connectivity index is 0.00000289. The van der Waals surface area contributed by atoms with Crippen LogP contribution in [0, 0.1) is 0 Å². The molecule has 0 radical (unpaired) electrons. The van der Waals surface area contributed by atoms with Crippen LogP contribution >= 0.6 is 12.4 Å². The highest BCUT2D eigenvalue weighted by Gasteiger charge is 2.18. The molecule has 4 rings (SSSR count). The quantitative estimate of drug-likeness (QED) is 0.414. The summed E-state index contributed by atoms with van der Waals surface area (Å²) in [6, 6.07) is 16.0. The highest BCUT2D eigenvalue weighted by Crippen LogP contribution is 2.30. The second-order valence-corrected chi connectivity index (χ2v) is 6.96. The average molecular weight is 452 g/mol. The molecule has 0 fully saturated rings. The Morgan fingerprint density at radius 2 is 1.84 bits per heavy atom. The van der Waals surface area contributed by atoms with Crippen molar-refractivity contribution in [3.05, 3.63) is 72.2 Å². The van der Waals surface area contributed by atoms with Crippen LogP contribution in [0.3, 0.4) is 0 Å². The maximum atomic E-state index is 11.6. The fourth-order valence-electron chi connectivity index (χ4n) is 3.47. The number of carbonyl (C=O) groups is 1. The third kappa shape index (κ3) is 4.89. The summed E-state index contributed by atoms with van der Waals surface area (Å²) in [5, 5.41) is 23.8. The van der Waals surface area contributed by atoms with E-state index in [9.17, 15) is 9.90 Å². The Morgan fingerprint density at radius 1 is 1.09 bits per heavy atom. The van der Waals surface area contributed by atoms with Gasteiger partial charge in [0.2, 0.25) is 5.82 Å². The van der Waals surface area contributed by atoms with Gasteiger partial charge < -0.3 is 10.0 Å². The number of carboxylic acid groups (broad SMARTS) is 1. The number of rotatable bonds is 8. The molecule has 10 heteroatoms. The third-order valence-electron chi connectivity index (χ3n) is 4.87. The number of aromatic nitrogens is 6. The van der Waals surface area contributed by atoms with Gasteiger partial charge in [-0.1, -0.05) is 55.5 Å². The van der Waals surface area contributed by atoms with E-state index in [1.54, 1.807) is 0 Å². The largest absolute Gasteiger partial charge is 0.477 e. The van der Waals surface area contributed by atoms with Gasteiger partial charge in [-0.25, -0.2) is 14.8 Å². The van der Waals surface area contributed by atoms with E-state index in [0.717, 1.165) is 28.7 Å². The minimum atomic E-state index is -1.04. The molecule has 9 nitrogen and oxygen atoms in total. The van der Waals surface area contributed by atoms with E-state index < -0.39 is 5.97 Å². The van der Waals surface area contributed by atoms with Gasteiger partial charge in [-0.2, -0.15) is 5.21 Å². The molecule has 2 N–H and O–H groups in total. The van der Waals surface area contributed by atoms with Gasteiger partial charge in [-0.15, -0.1) is 22.6 Å². The topological polar surface area (TPSA) is 121 Å². The lowest BCUT2D eigenvalue weighted by Crippen LogP contribution is -2.26. The second-order valence-electron chi connectivity index (χ2n) is 6.96. The zero-order valence-electron chi connectivity index (χ0n) is 17.3. The van der Waals surface area contributed by atoms with Crippen LogP contribution in [0.5, 0.6) is 0 Å². The fraction of sp³-hybridized carbons (Fsp3) is 0.182. The Morgan fingerprint density at radius 3 is 2.50 bits per heavy atom. The van der Waals surface area contributed by atoms with E-state index in [1.165, 1.54) is 12.5 Å². The van der Waals surface area contributed by atoms with Crippen LogP contribution in [0.4, 0.5) is 5.82 Å². The molecule has 2 aromatic heterocycles. The van der Waals surface area contributed by atoms with E-state index >= 15 is 0 Å². The van der Waals surface area contributed by atoms with Gasteiger partial charge in [0.25, 0.3) is 0 Å². The minimum absolute atomic E-state index is 0. The van der Waals surface area contributed by atoms with Crippen molar-refractivity contribution >= 4 is 24.2 Å². The predicted octanol–water partition coefficient (Wildman–Crippen LogP) is 3.86. The summed E-state index contributed by atoms with van der Waals surface area (Å²) in [6.07, 6.45) is 3.58. The van der Waals surface area contributed by atoms with Crippen molar-refractivity contribution in [1.82, 2.24) is 30.6 Å². The van der Waals surface area contributed by atoms with Crippen molar-refractivity contribution in [3.63, 3.8) is 0 Å². The molecule has 164 valence electrons. The van der Waals surface area contributed by atoms with Crippen LogP contribution in [-0.4, -0.2) is 48.2 Å². The van der Waals surface area contributed by atoms with Crippen LogP contribution in [0.1, 0.15) is 29.3 Å². The molecule has 0 aliphatic rings. The van der Waals surface area contributed by atoms with Crippen LogP contribution in [0.15, 0.2) is 61.1 Å². The molecular weight excluding hydrogens is 430 g/mol. The number of tetrazole rings is 1. The normalized spacial score (nSPS) is 10.4. The number of anilines is 1. The number of nitrogens with one attached hydrogen (secondary N) is 1. The van der Waals surface area contributed by atoms with Gasteiger partial charge in [0, 0.05) is 24.8 Å². The Hall–Kier alpha value is -3.85. The summed E-state index contributed by atoms with van der Waals surface area (Å²) < 4.78 is 0. The smallest absolute Gasteiger partial charge is 0.341 e. The highest BCUT2D eigenvalue weighted by atomic mass is 35.5. The number of carboxylic acids is 1. The number of aromatic carboxylic acids is 1. The van der Waals surface area contributed by atoms with Crippen LogP contribution in [0.2, 0.25) is 0 Å². The Labute approximate surface area is 191 Å². The van der Waals surface area contributed by atoms with Crippen molar-refractivity contribution in [3.8, 4) is 22.5 Å². The summed E-state index contributed by atoms with van der Waals surface area (Å²) in [7, 11) is 0. The maximum Gasteiger partial charge on any atom is 0.341 e. The summed E-state index contributed by atoms with van der Waals surface area (Å²) in [6.45, 7) is 3.27. The molecule has 0 aliphatic carbocycles. The zero-order valence-corrected chi connectivity index (χ0v) is 18.2. The van der Waals surface area contributed by atoms with Crippen molar-refractivity contribution in [2.24, 2.45) is 0 Å². The SMILES string of the molecule is CCCN(Cc1ccc(-c2ccccc2-c2nn[nH]n2)cc1)c1ncncc1C(=O)O.Cl. The predicted molar refractivity (Wildman–Crippen MR) is 123 cm³/mol. The molecule has 0 atom stereocenters. The van der Waals surface area contributed by atoms with Gasteiger partial charge in [0.1, 0.15) is 17.7 Å². The zero-order chi connectivity index (χ0) is 21.6. The first-order valence-corrected chi connectivity index (χ1v) is 9.87. The van der Waals surface area contributed by atoms with Crippen LogP contribution < -0.4 is 4.90 Å². The first-order valence-electron chi connectivity index (χ1n) is 9.87. The monoisotopic (exact) mass is 451 g/mol. The van der Waals surface area contributed by atoms with Gasteiger partial charge in [-0.3, -0.25) is 0 Å². The second kappa shape index (κ2) is 10.5. The molecule has 2 aromatic carbocycles. The van der Waals surface area contributed by atoms with Gasteiger partial charge in [0.15, 0.2) is 0 Å². The van der Waals surface area contributed by atoms with Crippen LogP contribution in [-0.2, 0) is 6.54 Å².